The maximum absolute atomic E-state index is 8.56. The Kier molecular flexibility index (Phi) is 683. The second-order valence-corrected chi connectivity index (χ2v) is 1.41. The normalized spacial score (nSPS) is 3.08. The van der Waals surface area contributed by atoms with Crippen LogP contribution in [0.1, 0.15) is 27.1 Å². The molecule has 34 heteroatoms. The minimum absolute atomic E-state index is 0. The Morgan fingerprint density at radius 3 is 0.205 bits per heavy atom. The van der Waals surface area contributed by atoms with Gasteiger partial charge in [0.25, 0.3) is 0 Å². The number of rotatable bonds is 0. The molecular formula is C5H29Na19O15. The van der Waals surface area contributed by atoms with Crippen LogP contribution in [0.3, 0.4) is 0 Å². The van der Waals surface area contributed by atoms with Gasteiger partial charge in [-0.2, -0.15) is 0 Å². The molecule has 0 aliphatic heterocycles. The van der Waals surface area contributed by atoms with Crippen LogP contribution in [0.5, 0.6) is 0 Å². The number of carboxylic acid groups (broad SMARTS) is 10. The first-order chi connectivity index (χ1) is 8.66. The smallest absolute Gasteiger partial charge is 1.00 e. The van der Waals surface area contributed by atoms with Gasteiger partial charge in [0.1, 0.15) is 0 Å². The molecule has 10 N–H and O–H groups in total. The van der Waals surface area contributed by atoms with Crippen molar-refractivity contribution >= 4 is 30.8 Å². The summed E-state index contributed by atoms with van der Waals surface area (Å²) in [7, 11) is 0. The van der Waals surface area contributed by atoms with Gasteiger partial charge in [-0.3, -0.25) is 0 Å². The summed E-state index contributed by atoms with van der Waals surface area (Å²) in [6.45, 7) is 0. The van der Waals surface area contributed by atoms with E-state index in [1.807, 2.05) is 0 Å². The molecule has 0 aliphatic rings. The number of carbonyl (C=O) groups is 5. The van der Waals surface area contributed by atoms with Crippen molar-refractivity contribution in [3.05, 3.63) is 0 Å². The van der Waals surface area contributed by atoms with Crippen LogP contribution in [0.15, 0.2) is 0 Å². The van der Waals surface area contributed by atoms with Gasteiger partial charge in [0, 0.05) is 0 Å². The van der Waals surface area contributed by atoms with E-state index in [0.29, 0.717) is 0 Å². The van der Waals surface area contributed by atoms with Crippen molar-refractivity contribution in [3.8, 4) is 0 Å². The molecule has 39 heavy (non-hydrogen) atoms. The van der Waals surface area contributed by atoms with Gasteiger partial charge < -0.3 is 78.2 Å². The molecule has 0 rings (SSSR count). The van der Waals surface area contributed by atoms with Gasteiger partial charge in [0.2, 0.25) is 0 Å². The van der Waals surface area contributed by atoms with E-state index in [9.17, 15) is 0 Å². The summed E-state index contributed by atoms with van der Waals surface area (Å²) >= 11 is 0. The molecule has 0 aromatic heterocycles. The van der Waals surface area contributed by atoms with Crippen LogP contribution in [0.25, 0.3) is 0 Å². The zero-order valence-electron chi connectivity index (χ0n) is 47.0. The van der Waals surface area contributed by atoms with Crippen LogP contribution in [-0.2, 0) is 0 Å². The minimum Gasteiger partial charge on any atom is -1.00 e. The largest absolute Gasteiger partial charge is 1.00 e. The molecule has 0 atom stereocenters. The predicted molar refractivity (Wildman–Crippen MR) is 74.4 cm³/mol. The summed E-state index contributed by atoms with van der Waals surface area (Å²) in [4.78, 5) is 42.8. The fourth-order valence-corrected chi connectivity index (χ4v) is 0. The SMILES string of the molecule is O=C(O)O.O=C(O)O.O=C(O)O.O=C(O)O.O=C(O)O.[H-].[H-].[H-].[H-].[H-].[H-].[H-].[H-].[H-].[H-].[H-].[H-].[H-].[H-].[H-].[H-].[H-].[H-].[H-].[Na+].[Na+].[Na+].[Na+].[Na+].[Na+].[Na+].[Na+].[Na+].[Na+].[Na+].[Na+].[Na+].[Na+].[Na+].[Na+].[Na+].[Na+].[Na+]. The van der Waals surface area contributed by atoms with Gasteiger partial charge in [-0.05, 0) is 0 Å². The maximum Gasteiger partial charge on any atom is 1.00 e. The molecule has 0 heterocycles. The fourth-order valence-electron chi connectivity index (χ4n) is 0. The first-order valence-electron chi connectivity index (χ1n) is 3.26. The summed E-state index contributed by atoms with van der Waals surface area (Å²) in [6, 6.07) is 0. The molecule has 0 saturated carbocycles. The Hall–Kier alpha value is 15.3. The first-order valence-corrected chi connectivity index (χ1v) is 3.26. The van der Waals surface area contributed by atoms with E-state index in [-0.39, 0.29) is 589 Å². The Morgan fingerprint density at radius 1 is 0.205 bits per heavy atom. The van der Waals surface area contributed by atoms with E-state index in [1.54, 1.807) is 0 Å². The van der Waals surface area contributed by atoms with E-state index in [0.717, 1.165) is 0 Å². The molecule has 0 amide bonds. The molecular weight excluding hydrogens is 737 g/mol. The number of hydrogen-bond donors (Lipinski definition) is 10. The quantitative estimate of drug-likeness (QED) is 0.103. The third-order valence-corrected chi connectivity index (χ3v) is 0. The molecule has 15 nitrogen and oxygen atoms in total. The van der Waals surface area contributed by atoms with Crippen LogP contribution in [0, 0.1) is 0 Å². The standard InChI is InChI=1S/5CH2O3.19Na.19H/c5*2-1(3)4;;;;;;;;;;;;;;;;;;;;;;;;;;;;;;;;;;;;;;/h5*(H2,2,3,4);;;;;;;;;;;;;;;;;;;;;;;;;;;;;;;;;;;;;;/q;;;;;19*+1;19*-1. The average Bonchev–Trinajstić information content (AvgIpc) is 1.94. The van der Waals surface area contributed by atoms with Crippen molar-refractivity contribution in [3.63, 3.8) is 0 Å². The van der Waals surface area contributed by atoms with Crippen LogP contribution in [0.4, 0.5) is 24.0 Å². The van der Waals surface area contributed by atoms with Gasteiger partial charge in [0.15, 0.2) is 0 Å². The summed E-state index contributed by atoms with van der Waals surface area (Å²) in [5.41, 5.74) is 0. The van der Waals surface area contributed by atoms with E-state index in [1.165, 1.54) is 0 Å². The van der Waals surface area contributed by atoms with Crippen molar-refractivity contribution in [2.75, 3.05) is 0 Å². The van der Waals surface area contributed by atoms with Gasteiger partial charge in [0.05, 0.1) is 0 Å². The third-order valence-electron chi connectivity index (χ3n) is 0. The second-order valence-electron chi connectivity index (χ2n) is 1.41. The predicted octanol–water partition coefficient (Wildman–Crippen LogP) is -53.7. The third kappa shape index (κ3) is 597. The molecule has 0 unspecified atom stereocenters. The molecule has 0 aromatic rings. The Bertz CT molecular complexity index is 293. The van der Waals surface area contributed by atoms with Crippen LogP contribution >= 0.6 is 0 Å². The Morgan fingerprint density at radius 2 is 0.205 bits per heavy atom. The monoisotopic (exact) mass is 766 g/mol. The van der Waals surface area contributed by atoms with E-state index >= 15 is 0 Å². The maximum atomic E-state index is 8.56. The molecule has 0 spiro atoms. The van der Waals surface area contributed by atoms with Gasteiger partial charge in [-0.15, -0.1) is 0 Å². The molecule has 0 fully saturated rings. The minimum atomic E-state index is -1.83. The summed E-state index contributed by atoms with van der Waals surface area (Å²) < 4.78 is 0. The van der Waals surface area contributed by atoms with Gasteiger partial charge in [-0.25, -0.2) is 24.0 Å². The Balaban J connectivity index is -0.00000000102. The van der Waals surface area contributed by atoms with Gasteiger partial charge >= 0.3 is 592 Å². The summed E-state index contributed by atoms with van der Waals surface area (Å²) in [5, 5.41) is 69.7. The molecule has 0 bridgehead atoms. The average molecular weight is 766 g/mol. The summed E-state index contributed by atoms with van der Waals surface area (Å²) in [5.74, 6) is 0. The molecule has 0 aliphatic carbocycles. The van der Waals surface area contributed by atoms with Crippen molar-refractivity contribution in [2.24, 2.45) is 0 Å². The van der Waals surface area contributed by atoms with Gasteiger partial charge in [-0.1, -0.05) is 0 Å². The van der Waals surface area contributed by atoms with Crippen LogP contribution in [-0.4, -0.2) is 81.8 Å². The molecule has 0 saturated heterocycles. The second kappa shape index (κ2) is 159. The van der Waals surface area contributed by atoms with Crippen molar-refractivity contribution in [1.29, 1.82) is 0 Å². The van der Waals surface area contributed by atoms with E-state index < -0.39 is 30.8 Å². The fraction of sp³-hybridized carbons (Fsp3) is 0. The first kappa shape index (κ1) is 168. The summed E-state index contributed by atoms with van der Waals surface area (Å²) in [6.07, 6.45) is -9.17. The van der Waals surface area contributed by atoms with E-state index in [4.69, 9.17) is 75.0 Å². The molecule has 0 radical (unpaired) electrons. The van der Waals surface area contributed by atoms with Crippen molar-refractivity contribution < 1.29 is 664 Å². The zero-order valence-corrected chi connectivity index (χ0v) is 66.0. The molecule has 158 valence electrons. The zero-order chi connectivity index (χ0) is 17.9. The van der Waals surface area contributed by atoms with Crippen molar-refractivity contribution in [1.82, 2.24) is 0 Å². The van der Waals surface area contributed by atoms with Crippen LogP contribution < -0.4 is 562 Å². The Labute approximate surface area is 675 Å². The van der Waals surface area contributed by atoms with Crippen molar-refractivity contribution in [2.45, 2.75) is 0 Å². The van der Waals surface area contributed by atoms with E-state index in [2.05, 4.69) is 0 Å². The number of hydrogen-bond acceptors (Lipinski definition) is 5. The van der Waals surface area contributed by atoms with Crippen LogP contribution in [0.2, 0.25) is 0 Å². The molecule has 0 aromatic carbocycles. The topological polar surface area (TPSA) is 288 Å².